The zero-order valence-corrected chi connectivity index (χ0v) is 16.2. The number of aromatic nitrogens is 5. The van der Waals surface area contributed by atoms with Crippen LogP contribution in [-0.2, 0) is 12.8 Å². The molecule has 3 aromatic heterocycles. The van der Waals surface area contributed by atoms with E-state index in [1.807, 2.05) is 42.8 Å². The third-order valence-electron chi connectivity index (χ3n) is 4.35. The number of nitrogens with zero attached hydrogens (tertiary/aromatic N) is 5. The van der Waals surface area contributed by atoms with Crippen molar-refractivity contribution in [3.8, 4) is 11.4 Å². The first kappa shape index (κ1) is 17.5. The van der Waals surface area contributed by atoms with E-state index in [2.05, 4.69) is 34.2 Å². The Morgan fingerprint density at radius 2 is 1.74 bits per heavy atom. The van der Waals surface area contributed by atoms with E-state index in [0.29, 0.717) is 11.4 Å². The van der Waals surface area contributed by atoms with Crippen LogP contribution in [0, 0.1) is 13.8 Å². The number of fused-ring (bicyclic) bond motifs is 1. The van der Waals surface area contributed by atoms with Crippen LogP contribution in [0.5, 0.6) is 0 Å². The first-order valence-electron chi connectivity index (χ1n) is 8.59. The second-order valence-electron chi connectivity index (χ2n) is 6.54. The SMILES string of the molecule is Cc1ccc(-c2nnc(SCc3cc(=O)n4cc(C)ccc4n3)n2C)cc1. The van der Waals surface area contributed by atoms with Crippen molar-refractivity contribution < 1.29 is 0 Å². The third kappa shape index (κ3) is 3.50. The van der Waals surface area contributed by atoms with Crippen molar-refractivity contribution in [3.63, 3.8) is 0 Å². The zero-order chi connectivity index (χ0) is 19.0. The summed E-state index contributed by atoms with van der Waals surface area (Å²) in [5.74, 6) is 1.37. The van der Waals surface area contributed by atoms with E-state index < -0.39 is 0 Å². The fourth-order valence-corrected chi connectivity index (χ4v) is 3.67. The van der Waals surface area contributed by atoms with Crippen molar-refractivity contribution in [2.24, 2.45) is 7.05 Å². The molecule has 0 N–H and O–H groups in total. The molecule has 0 spiro atoms. The fourth-order valence-electron chi connectivity index (χ4n) is 2.87. The molecule has 0 unspecified atom stereocenters. The van der Waals surface area contributed by atoms with Gasteiger partial charge in [0.15, 0.2) is 11.0 Å². The first-order valence-corrected chi connectivity index (χ1v) is 9.58. The van der Waals surface area contributed by atoms with Gasteiger partial charge in [-0.3, -0.25) is 9.20 Å². The maximum absolute atomic E-state index is 12.3. The number of pyridine rings is 1. The monoisotopic (exact) mass is 377 g/mol. The Bertz CT molecular complexity index is 1180. The van der Waals surface area contributed by atoms with Gasteiger partial charge < -0.3 is 4.57 Å². The number of benzene rings is 1. The van der Waals surface area contributed by atoms with E-state index in [4.69, 9.17) is 0 Å². The van der Waals surface area contributed by atoms with Gasteiger partial charge in [0.05, 0.1) is 5.69 Å². The van der Waals surface area contributed by atoms with Gasteiger partial charge in [0.25, 0.3) is 5.56 Å². The number of rotatable bonds is 4. The Kier molecular flexibility index (Phi) is 4.53. The molecule has 0 amide bonds. The van der Waals surface area contributed by atoms with E-state index >= 15 is 0 Å². The highest BCUT2D eigenvalue weighted by Crippen LogP contribution is 2.24. The van der Waals surface area contributed by atoms with Crippen LogP contribution in [0.4, 0.5) is 0 Å². The summed E-state index contributed by atoms with van der Waals surface area (Å²) < 4.78 is 3.54. The summed E-state index contributed by atoms with van der Waals surface area (Å²) in [4.78, 5) is 16.9. The van der Waals surface area contributed by atoms with Crippen molar-refractivity contribution in [3.05, 3.63) is 75.8 Å². The highest BCUT2D eigenvalue weighted by Gasteiger charge is 2.12. The van der Waals surface area contributed by atoms with Crippen LogP contribution in [0.1, 0.15) is 16.8 Å². The molecule has 0 radical (unpaired) electrons. The first-order chi connectivity index (χ1) is 13.0. The van der Waals surface area contributed by atoms with E-state index in [9.17, 15) is 4.79 Å². The average molecular weight is 377 g/mol. The molecule has 7 heteroatoms. The maximum atomic E-state index is 12.3. The van der Waals surface area contributed by atoms with Gasteiger partial charge in [0, 0.05) is 30.6 Å². The van der Waals surface area contributed by atoms with Crippen LogP contribution >= 0.6 is 11.8 Å². The fraction of sp³-hybridized carbons (Fsp3) is 0.200. The van der Waals surface area contributed by atoms with E-state index in [1.165, 1.54) is 17.3 Å². The van der Waals surface area contributed by atoms with Crippen molar-refractivity contribution >= 4 is 17.4 Å². The van der Waals surface area contributed by atoms with Crippen LogP contribution < -0.4 is 5.56 Å². The van der Waals surface area contributed by atoms with Crippen LogP contribution in [0.3, 0.4) is 0 Å². The molecule has 4 rings (SSSR count). The lowest BCUT2D eigenvalue weighted by molar-refractivity contribution is 0.793. The number of hydrogen-bond donors (Lipinski definition) is 0. The Labute approximate surface area is 160 Å². The third-order valence-corrected chi connectivity index (χ3v) is 5.41. The normalized spacial score (nSPS) is 11.2. The number of thioether (sulfide) groups is 1. The van der Waals surface area contributed by atoms with Crippen LogP contribution in [0.25, 0.3) is 17.0 Å². The lowest BCUT2D eigenvalue weighted by Gasteiger charge is -2.06. The summed E-state index contributed by atoms with van der Waals surface area (Å²) >= 11 is 1.52. The topological polar surface area (TPSA) is 65.1 Å². The minimum Gasteiger partial charge on any atom is -0.305 e. The van der Waals surface area contributed by atoms with Gasteiger partial charge in [-0.05, 0) is 25.5 Å². The van der Waals surface area contributed by atoms with Crippen molar-refractivity contribution in [2.45, 2.75) is 24.8 Å². The molecule has 4 aromatic rings. The van der Waals surface area contributed by atoms with Gasteiger partial charge in [-0.15, -0.1) is 10.2 Å². The Balaban J connectivity index is 1.57. The Hall–Kier alpha value is -2.93. The quantitative estimate of drug-likeness (QED) is 0.510. The van der Waals surface area contributed by atoms with E-state index in [1.54, 1.807) is 16.7 Å². The lowest BCUT2D eigenvalue weighted by atomic mass is 10.1. The van der Waals surface area contributed by atoms with Gasteiger partial charge in [-0.2, -0.15) is 0 Å². The van der Waals surface area contributed by atoms with E-state index in [-0.39, 0.29) is 5.56 Å². The minimum atomic E-state index is -0.0717. The molecule has 0 saturated heterocycles. The predicted molar refractivity (Wildman–Crippen MR) is 107 cm³/mol. The summed E-state index contributed by atoms with van der Waals surface area (Å²) in [6.07, 6.45) is 1.80. The highest BCUT2D eigenvalue weighted by atomic mass is 32.2. The Morgan fingerprint density at radius 3 is 2.52 bits per heavy atom. The summed E-state index contributed by atoms with van der Waals surface area (Å²) in [6.45, 7) is 4.01. The summed E-state index contributed by atoms with van der Waals surface area (Å²) in [7, 11) is 1.95. The standard InChI is InChI=1S/C20H19N5OS/c1-13-4-7-15(8-5-13)19-22-23-20(24(19)3)27-12-16-10-18(26)25-11-14(2)6-9-17(25)21-16/h4-11H,12H2,1-3H3. The minimum absolute atomic E-state index is 0.0717. The lowest BCUT2D eigenvalue weighted by Crippen LogP contribution is -2.15. The van der Waals surface area contributed by atoms with Gasteiger partial charge in [-0.25, -0.2) is 4.98 Å². The largest absolute Gasteiger partial charge is 0.305 e. The molecule has 0 fully saturated rings. The molecule has 6 nitrogen and oxygen atoms in total. The molecule has 0 aliphatic heterocycles. The molecule has 3 heterocycles. The van der Waals surface area contributed by atoms with Crippen LogP contribution in [-0.4, -0.2) is 24.1 Å². The average Bonchev–Trinajstić information content (AvgIpc) is 3.02. The highest BCUT2D eigenvalue weighted by molar-refractivity contribution is 7.98. The molecular weight excluding hydrogens is 358 g/mol. The van der Waals surface area contributed by atoms with Crippen molar-refractivity contribution in [1.29, 1.82) is 0 Å². The maximum Gasteiger partial charge on any atom is 0.258 e. The summed E-state index contributed by atoms with van der Waals surface area (Å²) in [5.41, 5.74) is 4.57. The van der Waals surface area contributed by atoms with Crippen LogP contribution in [0.15, 0.2) is 58.6 Å². The molecule has 1 aromatic carbocycles. The number of aryl methyl sites for hydroxylation is 2. The second-order valence-corrected chi connectivity index (χ2v) is 7.48. The van der Waals surface area contributed by atoms with Gasteiger partial charge in [-0.1, -0.05) is 47.7 Å². The second kappa shape index (κ2) is 7.00. The molecule has 27 heavy (non-hydrogen) atoms. The molecule has 136 valence electrons. The summed E-state index contributed by atoms with van der Waals surface area (Å²) in [5, 5.41) is 9.39. The smallest absolute Gasteiger partial charge is 0.258 e. The van der Waals surface area contributed by atoms with E-state index in [0.717, 1.165) is 27.8 Å². The molecule has 0 bridgehead atoms. The van der Waals surface area contributed by atoms with Gasteiger partial charge in [0.2, 0.25) is 0 Å². The van der Waals surface area contributed by atoms with Gasteiger partial charge >= 0.3 is 0 Å². The summed E-state index contributed by atoms with van der Waals surface area (Å²) in [6, 6.07) is 13.6. The molecular formula is C20H19N5OS. The van der Waals surface area contributed by atoms with Crippen LogP contribution in [0.2, 0.25) is 0 Å². The predicted octanol–water partition coefficient (Wildman–Crippen LogP) is 3.40. The number of hydrogen-bond acceptors (Lipinski definition) is 5. The van der Waals surface area contributed by atoms with Gasteiger partial charge in [0.1, 0.15) is 5.65 Å². The van der Waals surface area contributed by atoms with Crippen molar-refractivity contribution in [1.82, 2.24) is 24.1 Å². The van der Waals surface area contributed by atoms with Crippen molar-refractivity contribution in [2.75, 3.05) is 0 Å². The molecule has 0 atom stereocenters. The molecule has 0 aliphatic rings. The molecule has 0 aliphatic carbocycles. The molecule has 0 saturated carbocycles. The Morgan fingerprint density at radius 1 is 1.00 bits per heavy atom. The zero-order valence-electron chi connectivity index (χ0n) is 15.4.